The molecule has 1 amide bonds. The maximum Gasteiger partial charge on any atom is 0.270 e. The minimum Gasteiger partial charge on any atom is -0.437 e. The number of fused-ring (bicyclic) bond motifs is 1. The first-order chi connectivity index (χ1) is 18.8. The standard InChI is InChI=1S/C29H24BrN5O4/c1-17(2)15-31-27-25-24(19-5-3-7-21(30)13-19)26(39-29(25)33-16-32-27)18-9-11-22(12-10-18)34-28(36)20-6-4-8-23(14-20)35(37)38/h3-14,16-17H,15H2,1-2H3,(H,34,36)(H,31,32,33). The topological polar surface area (TPSA) is 123 Å². The monoisotopic (exact) mass is 585 g/mol. The number of hydrogen-bond donors (Lipinski definition) is 2. The van der Waals surface area contributed by atoms with E-state index < -0.39 is 10.8 Å². The van der Waals surface area contributed by atoms with Crippen molar-refractivity contribution in [1.29, 1.82) is 0 Å². The molecule has 196 valence electrons. The predicted octanol–water partition coefficient (Wildman–Crippen LogP) is 7.55. The highest BCUT2D eigenvalue weighted by atomic mass is 79.9. The summed E-state index contributed by atoms with van der Waals surface area (Å²) in [6, 6.07) is 20.7. The number of halogens is 1. The Labute approximate surface area is 232 Å². The lowest BCUT2D eigenvalue weighted by molar-refractivity contribution is -0.384. The van der Waals surface area contributed by atoms with Crippen LogP contribution in [0.4, 0.5) is 17.2 Å². The fourth-order valence-corrected chi connectivity index (χ4v) is 4.56. The van der Waals surface area contributed by atoms with Gasteiger partial charge in [-0.25, -0.2) is 9.97 Å². The first-order valence-corrected chi connectivity index (χ1v) is 13.0. The van der Waals surface area contributed by atoms with Gasteiger partial charge in [-0.3, -0.25) is 14.9 Å². The first-order valence-electron chi connectivity index (χ1n) is 12.2. The summed E-state index contributed by atoms with van der Waals surface area (Å²) < 4.78 is 7.22. The molecule has 2 N–H and O–H groups in total. The molecule has 2 heterocycles. The van der Waals surface area contributed by atoms with E-state index in [0.717, 1.165) is 33.1 Å². The Kier molecular flexibility index (Phi) is 7.38. The Morgan fingerprint density at radius 3 is 2.51 bits per heavy atom. The van der Waals surface area contributed by atoms with E-state index in [1.807, 2.05) is 36.4 Å². The van der Waals surface area contributed by atoms with Crippen molar-refractivity contribution in [3.05, 3.63) is 99.3 Å². The summed E-state index contributed by atoms with van der Waals surface area (Å²) in [4.78, 5) is 32.1. The maximum atomic E-state index is 12.7. The number of carbonyl (C=O) groups is 1. The molecule has 39 heavy (non-hydrogen) atoms. The summed E-state index contributed by atoms with van der Waals surface area (Å²) in [6.07, 6.45) is 1.48. The van der Waals surface area contributed by atoms with Crippen LogP contribution in [0.15, 0.2) is 88.0 Å². The number of furan rings is 1. The van der Waals surface area contributed by atoms with Gasteiger partial charge in [-0.2, -0.15) is 0 Å². The number of anilines is 2. The number of rotatable bonds is 8. The molecule has 5 rings (SSSR count). The molecule has 0 unspecified atom stereocenters. The Morgan fingerprint density at radius 1 is 1.03 bits per heavy atom. The third kappa shape index (κ3) is 5.65. The van der Waals surface area contributed by atoms with E-state index in [2.05, 4.69) is 50.4 Å². The van der Waals surface area contributed by atoms with Crippen LogP contribution in [-0.2, 0) is 0 Å². The predicted molar refractivity (Wildman–Crippen MR) is 155 cm³/mol. The zero-order chi connectivity index (χ0) is 27.5. The zero-order valence-corrected chi connectivity index (χ0v) is 22.7. The number of benzene rings is 3. The van der Waals surface area contributed by atoms with Gasteiger partial charge in [0.05, 0.1) is 10.3 Å². The van der Waals surface area contributed by atoms with Crippen molar-refractivity contribution in [1.82, 2.24) is 9.97 Å². The van der Waals surface area contributed by atoms with Gasteiger partial charge in [0.1, 0.15) is 17.9 Å². The Balaban J connectivity index is 1.52. The second-order valence-corrected chi connectivity index (χ2v) is 10.2. The molecule has 0 aliphatic carbocycles. The van der Waals surface area contributed by atoms with Gasteiger partial charge in [0, 0.05) is 45.5 Å². The van der Waals surface area contributed by atoms with Gasteiger partial charge < -0.3 is 15.1 Å². The molecule has 3 aromatic carbocycles. The van der Waals surface area contributed by atoms with Gasteiger partial charge in [0.2, 0.25) is 5.71 Å². The average molecular weight is 586 g/mol. The van der Waals surface area contributed by atoms with Gasteiger partial charge in [0.15, 0.2) is 0 Å². The smallest absolute Gasteiger partial charge is 0.270 e. The molecule has 0 saturated heterocycles. The molecule has 0 spiro atoms. The molecule has 0 saturated carbocycles. The third-order valence-electron chi connectivity index (χ3n) is 6.00. The molecular weight excluding hydrogens is 562 g/mol. The van der Waals surface area contributed by atoms with Crippen LogP contribution in [0, 0.1) is 16.0 Å². The number of nitro groups is 1. The first kappa shape index (κ1) is 26.1. The zero-order valence-electron chi connectivity index (χ0n) is 21.1. The largest absolute Gasteiger partial charge is 0.437 e. The van der Waals surface area contributed by atoms with Crippen LogP contribution < -0.4 is 10.6 Å². The van der Waals surface area contributed by atoms with Crippen molar-refractivity contribution in [2.24, 2.45) is 5.92 Å². The number of aromatic nitrogens is 2. The molecule has 10 heteroatoms. The number of non-ortho nitro benzene ring substituents is 1. The van der Waals surface area contributed by atoms with Crippen molar-refractivity contribution in [2.45, 2.75) is 13.8 Å². The summed E-state index contributed by atoms with van der Waals surface area (Å²) in [5.74, 6) is 1.29. The fourth-order valence-electron chi connectivity index (χ4n) is 4.16. The lowest BCUT2D eigenvalue weighted by atomic mass is 9.99. The van der Waals surface area contributed by atoms with Crippen LogP contribution >= 0.6 is 15.9 Å². The van der Waals surface area contributed by atoms with E-state index in [1.54, 1.807) is 12.1 Å². The molecule has 0 aliphatic rings. The summed E-state index contributed by atoms with van der Waals surface area (Å²) in [7, 11) is 0. The Bertz CT molecular complexity index is 1680. The van der Waals surface area contributed by atoms with Crippen LogP contribution in [0.25, 0.3) is 33.6 Å². The molecule has 0 radical (unpaired) electrons. The number of amides is 1. The Hall–Kier alpha value is -4.57. The van der Waals surface area contributed by atoms with Crippen molar-refractivity contribution in [3.63, 3.8) is 0 Å². The fraction of sp³-hybridized carbons (Fsp3) is 0.138. The number of hydrogen-bond acceptors (Lipinski definition) is 7. The van der Waals surface area contributed by atoms with Crippen molar-refractivity contribution >= 4 is 50.1 Å². The lowest BCUT2D eigenvalue weighted by Gasteiger charge is -2.10. The van der Waals surface area contributed by atoms with Gasteiger partial charge in [0.25, 0.3) is 11.6 Å². The van der Waals surface area contributed by atoms with Gasteiger partial charge in [-0.05, 0) is 53.9 Å². The van der Waals surface area contributed by atoms with Gasteiger partial charge >= 0.3 is 0 Å². The number of nitro benzene ring substituents is 1. The molecule has 0 fully saturated rings. The minimum atomic E-state index is -0.532. The summed E-state index contributed by atoms with van der Waals surface area (Å²) in [5.41, 5.74) is 3.62. The van der Waals surface area contributed by atoms with E-state index in [4.69, 9.17) is 4.42 Å². The molecular formula is C29H24BrN5O4. The van der Waals surface area contributed by atoms with Crippen molar-refractivity contribution in [3.8, 4) is 22.5 Å². The molecule has 0 bridgehead atoms. The second kappa shape index (κ2) is 11.0. The lowest BCUT2D eigenvalue weighted by Crippen LogP contribution is -2.11. The van der Waals surface area contributed by atoms with Gasteiger partial charge in [-0.15, -0.1) is 0 Å². The maximum absolute atomic E-state index is 12.7. The van der Waals surface area contributed by atoms with E-state index in [1.165, 1.54) is 30.6 Å². The Morgan fingerprint density at radius 2 is 1.79 bits per heavy atom. The van der Waals surface area contributed by atoms with Crippen LogP contribution in [0.5, 0.6) is 0 Å². The highest BCUT2D eigenvalue weighted by Gasteiger charge is 2.22. The van der Waals surface area contributed by atoms with Crippen LogP contribution in [0.1, 0.15) is 24.2 Å². The van der Waals surface area contributed by atoms with Crippen LogP contribution in [0.2, 0.25) is 0 Å². The van der Waals surface area contributed by atoms with Gasteiger partial charge in [-0.1, -0.05) is 48.0 Å². The van der Waals surface area contributed by atoms with E-state index in [0.29, 0.717) is 28.9 Å². The molecule has 0 atom stereocenters. The van der Waals surface area contributed by atoms with Crippen LogP contribution in [0.3, 0.4) is 0 Å². The summed E-state index contributed by atoms with van der Waals surface area (Å²) in [6.45, 7) is 4.99. The molecule has 5 aromatic rings. The highest BCUT2D eigenvalue weighted by Crippen LogP contribution is 2.43. The number of carbonyl (C=O) groups excluding carboxylic acids is 1. The number of nitrogens with one attached hydrogen (secondary N) is 2. The molecule has 9 nitrogen and oxygen atoms in total. The quantitative estimate of drug-likeness (QED) is 0.142. The van der Waals surface area contributed by atoms with Crippen molar-refractivity contribution in [2.75, 3.05) is 17.2 Å². The molecule has 2 aromatic heterocycles. The van der Waals surface area contributed by atoms with E-state index >= 15 is 0 Å². The van der Waals surface area contributed by atoms with Crippen LogP contribution in [-0.4, -0.2) is 27.3 Å². The highest BCUT2D eigenvalue weighted by molar-refractivity contribution is 9.10. The van der Waals surface area contributed by atoms with E-state index in [-0.39, 0.29) is 11.3 Å². The van der Waals surface area contributed by atoms with E-state index in [9.17, 15) is 14.9 Å². The molecule has 0 aliphatic heterocycles. The summed E-state index contributed by atoms with van der Waals surface area (Å²) >= 11 is 3.57. The average Bonchev–Trinajstić information content (AvgIpc) is 3.32. The number of nitrogens with zero attached hydrogens (tertiary/aromatic N) is 3. The van der Waals surface area contributed by atoms with Crippen molar-refractivity contribution < 1.29 is 14.1 Å². The summed E-state index contributed by atoms with van der Waals surface area (Å²) in [5, 5.41) is 18.1. The minimum absolute atomic E-state index is 0.145. The SMILES string of the molecule is CC(C)CNc1ncnc2oc(-c3ccc(NC(=O)c4cccc([N+](=O)[O-])c4)cc3)c(-c3cccc(Br)c3)c12. The second-order valence-electron chi connectivity index (χ2n) is 9.33. The third-order valence-corrected chi connectivity index (χ3v) is 6.50. The normalized spacial score (nSPS) is 11.1.